The highest BCUT2D eigenvalue weighted by molar-refractivity contribution is 5.91. The largest absolute Gasteiger partial charge is 0.423 e. The summed E-state index contributed by atoms with van der Waals surface area (Å²) in [5.74, 6) is 0.366. The van der Waals surface area contributed by atoms with Gasteiger partial charge in [0.25, 0.3) is 0 Å². The van der Waals surface area contributed by atoms with E-state index in [1.54, 1.807) is 0 Å². The van der Waals surface area contributed by atoms with Crippen molar-refractivity contribution in [3.05, 3.63) is 65.2 Å². The second-order valence-corrected chi connectivity index (χ2v) is 9.72. The third-order valence-electron chi connectivity index (χ3n) is 7.26. The van der Waals surface area contributed by atoms with Crippen LogP contribution < -0.4 is 4.74 Å². The first-order chi connectivity index (χ1) is 15.7. The molecule has 0 spiro atoms. The average Bonchev–Trinajstić information content (AvgIpc) is 2.84. The van der Waals surface area contributed by atoms with Crippen molar-refractivity contribution >= 4 is 5.97 Å². The zero-order chi connectivity index (χ0) is 22.7. The molecule has 0 unspecified atom stereocenters. The molecular weight excluding hydrogens is 392 g/mol. The van der Waals surface area contributed by atoms with E-state index in [1.165, 1.54) is 94.6 Å². The Morgan fingerprint density at radius 2 is 1.44 bits per heavy atom. The van der Waals surface area contributed by atoms with Gasteiger partial charge in [-0.05, 0) is 72.9 Å². The molecule has 2 aromatic rings. The Balaban J connectivity index is 1.61. The molecule has 0 amide bonds. The van der Waals surface area contributed by atoms with Crippen molar-refractivity contribution in [1.29, 1.82) is 0 Å². The number of esters is 1. The quantitative estimate of drug-likeness (QED) is 0.189. The molecule has 1 fully saturated rings. The molecule has 0 aromatic heterocycles. The van der Waals surface area contributed by atoms with Crippen molar-refractivity contribution in [3.63, 3.8) is 0 Å². The predicted molar refractivity (Wildman–Crippen MR) is 135 cm³/mol. The number of aryl methyl sites for hydroxylation is 1. The fraction of sp³-hybridized carbons (Fsp3) is 0.567. The second-order valence-electron chi connectivity index (χ2n) is 9.72. The molecule has 32 heavy (non-hydrogen) atoms. The minimum Gasteiger partial charge on any atom is -0.423 e. The average molecular weight is 435 g/mol. The maximum Gasteiger partial charge on any atom is 0.343 e. The van der Waals surface area contributed by atoms with Crippen LogP contribution in [0.3, 0.4) is 0 Å². The van der Waals surface area contributed by atoms with Gasteiger partial charge >= 0.3 is 5.97 Å². The van der Waals surface area contributed by atoms with E-state index in [1.807, 2.05) is 36.4 Å². The summed E-state index contributed by atoms with van der Waals surface area (Å²) >= 11 is 0. The molecule has 1 aliphatic rings. The van der Waals surface area contributed by atoms with E-state index >= 15 is 0 Å². The Hall–Kier alpha value is -2.09. The fourth-order valence-corrected chi connectivity index (χ4v) is 5.21. The molecule has 0 saturated heterocycles. The summed E-state index contributed by atoms with van der Waals surface area (Å²) in [5, 5.41) is 0. The Morgan fingerprint density at radius 1 is 0.781 bits per heavy atom. The number of carbonyl (C=O) groups excluding carboxylic acids is 1. The van der Waals surface area contributed by atoms with Crippen LogP contribution in [0, 0.1) is 0 Å². The van der Waals surface area contributed by atoms with Crippen molar-refractivity contribution in [3.8, 4) is 5.75 Å². The zero-order valence-electron chi connectivity index (χ0n) is 20.3. The van der Waals surface area contributed by atoms with E-state index in [2.05, 4.69) is 26.0 Å². The number of rotatable bonds is 12. The van der Waals surface area contributed by atoms with Gasteiger partial charge < -0.3 is 4.74 Å². The van der Waals surface area contributed by atoms with Crippen LogP contribution in [-0.4, -0.2) is 5.97 Å². The maximum atomic E-state index is 12.6. The zero-order valence-corrected chi connectivity index (χ0v) is 20.3. The highest BCUT2D eigenvalue weighted by atomic mass is 16.5. The molecule has 0 atom stereocenters. The van der Waals surface area contributed by atoms with Crippen molar-refractivity contribution in [2.24, 2.45) is 0 Å². The van der Waals surface area contributed by atoms with Crippen LogP contribution in [0.5, 0.6) is 5.75 Å². The van der Waals surface area contributed by atoms with E-state index < -0.39 is 0 Å². The number of hydrogen-bond acceptors (Lipinski definition) is 2. The number of unbranched alkanes of at least 4 members (excludes halogenated alkanes) is 5. The normalized spacial score (nSPS) is 15.4. The van der Waals surface area contributed by atoms with E-state index in [0.717, 1.165) is 6.42 Å². The lowest BCUT2D eigenvalue weighted by molar-refractivity contribution is 0.0734. The van der Waals surface area contributed by atoms with Gasteiger partial charge in [0, 0.05) is 0 Å². The predicted octanol–water partition coefficient (Wildman–Crippen LogP) is 8.81. The van der Waals surface area contributed by atoms with Gasteiger partial charge in [-0.25, -0.2) is 4.79 Å². The Kier molecular flexibility index (Phi) is 9.84. The van der Waals surface area contributed by atoms with Crippen LogP contribution in [0.15, 0.2) is 48.5 Å². The SMILES string of the molecule is CCCCCCCC1(c2ccc(OC(=O)c3ccc(CCCC)cc3)cc2)CCCCC1. The Bertz CT molecular complexity index is 798. The van der Waals surface area contributed by atoms with Gasteiger partial charge in [-0.3, -0.25) is 0 Å². The van der Waals surface area contributed by atoms with Crippen molar-refractivity contribution < 1.29 is 9.53 Å². The Morgan fingerprint density at radius 3 is 2.09 bits per heavy atom. The van der Waals surface area contributed by atoms with E-state index in [-0.39, 0.29) is 5.97 Å². The third-order valence-corrected chi connectivity index (χ3v) is 7.26. The molecule has 0 heterocycles. The lowest BCUT2D eigenvalue weighted by Gasteiger charge is -2.38. The van der Waals surface area contributed by atoms with Gasteiger partial charge in [0.2, 0.25) is 0 Å². The van der Waals surface area contributed by atoms with E-state index in [0.29, 0.717) is 16.7 Å². The smallest absolute Gasteiger partial charge is 0.343 e. The van der Waals surface area contributed by atoms with E-state index in [4.69, 9.17) is 4.74 Å². The first-order valence-electron chi connectivity index (χ1n) is 13.1. The topological polar surface area (TPSA) is 26.3 Å². The van der Waals surface area contributed by atoms with Gasteiger partial charge in [-0.2, -0.15) is 0 Å². The number of ether oxygens (including phenoxy) is 1. The highest BCUT2D eigenvalue weighted by Crippen LogP contribution is 2.43. The summed E-state index contributed by atoms with van der Waals surface area (Å²) in [7, 11) is 0. The number of hydrogen-bond donors (Lipinski definition) is 0. The van der Waals surface area contributed by atoms with E-state index in [9.17, 15) is 4.79 Å². The van der Waals surface area contributed by atoms with Crippen LogP contribution in [0.25, 0.3) is 0 Å². The van der Waals surface area contributed by atoms with Crippen LogP contribution >= 0.6 is 0 Å². The Labute approximate surface area is 195 Å². The lowest BCUT2D eigenvalue weighted by atomic mass is 9.66. The second kappa shape index (κ2) is 12.8. The molecule has 0 N–H and O–H groups in total. The van der Waals surface area contributed by atoms with Crippen molar-refractivity contribution in [1.82, 2.24) is 0 Å². The highest BCUT2D eigenvalue weighted by Gasteiger charge is 2.33. The summed E-state index contributed by atoms with van der Waals surface area (Å²) < 4.78 is 5.68. The first-order valence-corrected chi connectivity index (χ1v) is 13.1. The van der Waals surface area contributed by atoms with Crippen molar-refractivity contribution in [2.75, 3.05) is 0 Å². The minimum absolute atomic E-state index is 0.275. The molecule has 2 aromatic carbocycles. The molecule has 1 aliphatic carbocycles. The van der Waals surface area contributed by atoms with Gasteiger partial charge in [0.1, 0.15) is 5.75 Å². The fourth-order valence-electron chi connectivity index (χ4n) is 5.21. The molecule has 0 bridgehead atoms. The van der Waals surface area contributed by atoms with Gasteiger partial charge in [0.05, 0.1) is 5.56 Å². The summed E-state index contributed by atoms with van der Waals surface area (Å²) in [6.45, 7) is 4.47. The molecule has 1 saturated carbocycles. The lowest BCUT2D eigenvalue weighted by Crippen LogP contribution is -2.29. The van der Waals surface area contributed by atoms with Crippen LogP contribution in [-0.2, 0) is 11.8 Å². The number of carbonyl (C=O) groups is 1. The summed E-state index contributed by atoms with van der Waals surface area (Å²) in [6, 6.07) is 16.3. The van der Waals surface area contributed by atoms with Crippen molar-refractivity contribution in [2.45, 2.75) is 109 Å². The molecule has 0 aliphatic heterocycles. The maximum absolute atomic E-state index is 12.6. The summed E-state index contributed by atoms with van der Waals surface area (Å²) in [4.78, 5) is 12.6. The van der Waals surface area contributed by atoms with Gasteiger partial charge in [0.15, 0.2) is 0 Å². The number of benzene rings is 2. The molecular formula is C30H42O2. The van der Waals surface area contributed by atoms with Crippen LogP contribution in [0.1, 0.15) is 119 Å². The molecule has 3 rings (SSSR count). The minimum atomic E-state index is -0.275. The van der Waals surface area contributed by atoms with Gasteiger partial charge in [-0.1, -0.05) is 95.9 Å². The summed E-state index contributed by atoms with van der Waals surface area (Å²) in [5.41, 5.74) is 3.65. The molecule has 174 valence electrons. The standard InChI is InChI=1S/C30H42O2/c1-3-5-7-8-10-22-30(23-11-9-12-24-30)27-18-20-28(21-19-27)32-29(31)26-16-14-25(15-17-26)13-6-4-2/h14-21H,3-13,22-24H2,1-2H3. The summed E-state index contributed by atoms with van der Waals surface area (Å²) in [6.07, 6.45) is 18.0. The molecule has 2 heteroatoms. The first kappa shape index (κ1) is 24.6. The van der Waals surface area contributed by atoms with Gasteiger partial charge in [-0.15, -0.1) is 0 Å². The molecule has 0 radical (unpaired) electrons. The molecule has 2 nitrogen and oxygen atoms in total. The van der Waals surface area contributed by atoms with Crippen LogP contribution in [0.2, 0.25) is 0 Å². The third kappa shape index (κ3) is 6.95. The van der Waals surface area contributed by atoms with Crippen LogP contribution in [0.4, 0.5) is 0 Å². The monoisotopic (exact) mass is 434 g/mol.